The van der Waals surface area contributed by atoms with Crippen molar-refractivity contribution in [2.75, 3.05) is 13.7 Å². The third-order valence-electron chi connectivity index (χ3n) is 4.35. The van der Waals surface area contributed by atoms with Gasteiger partial charge in [0.25, 0.3) is 5.56 Å². The summed E-state index contributed by atoms with van der Waals surface area (Å²) in [6.07, 6.45) is 2.82. The third-order valence-corrected chi connectivity index (χ3v) is 5.24. The Balaban J connectivity index is 2.06. The predicted octanol–water partition coefficient (Wildman–Crippen LogP) is 4.04. The van der Waals surface area contributed by atoms with E-state index in [-0.39, 0.29) is 5.56 Å². The van der Waals surface area contributed by atoms with Crippen LogP contribution in [0, 0.1) is 0 Å². The Bertz CT molecular complexity index is 991. The summed E-state index contributed by atoms with van der Waals surface area (Å²) in [4.78, 5) is 30.2. The van der Waals surface area contributed by atoms with Crippen LogP contribution >= 0.6 is 11.3 Å². The van der Waals surface area contributed by atoms with Crippen LogP contribution in [0.4, 0.5) is 0 Å². The van der Waals surface area contributed by atoms with Crippen LogP contribution in [0.5, 0.6) is 5.75 Å². The Labute approximate surface area is 161 Å². The molecule has 1 atom stereocenters. The topological polar surface area (TPSA) is 70.4 Å². The lowest BCUT2D eigenvalue weighted by Crippen LogP contribution is -2.30. The van der Waals surface area contributed by atoms with Gasteiger partial charge in [-0.2, -0.15) is 0 Å². The molecule has 0 radical (unpaired) electrons. The van der Waals surface area contributed by atoms with E-state index >= 15 is 0 Å². The number of thiophene rings is 1. The van der Waals surface area contributed by atoms with Gasteiger partial charge in [-0.3, -0.25) is 9.36 Å². The highest BCUT2D eigenvalue weighted by molar-refractivity contribution is 7.17. The number of carbonyl (C=O) groups excluding carboxylic acids is 1. The van der Waals surface area contributed by atoms with Gasteiger partial charge in [-0.15, -0.1) is 11.3 Å². The number of hydrogen-bond donors (Lipinski definition) is 0. The van der Waals surface area contributed by atoms with Crippen LogP contribution in [0.25, 0.3) is 21.3 Å². The minimum absolute atomic E-state index is 0.236. The number of ether oxygens (including phenoxy) is 2. The molecule has 0 aliphatic rings. The Morgan fingerprint density at radius 2 is 2.00 bits per heavy atom. The maximum atomic E-state index is 13.1. The quantitative estimate of drug-likeness (QED) is 0.573. The number of nitrogens with zero attached hydrogens (tertiary/aromatic N) is 2. The van der Waals surface area contributed by atoms with Crippen LogP contribution in [0.1, 0.15) is 32.7 Å². The summed E-state index contributed by atoms with van der Waals surface area (Å²) < 4.78 is 11.8. The van der Waals surface area contributed by atoms with Gasteiger partial charge in [-0.1, -0.05) is 26.0 Å². The average molecular weight is 386 g/mol. The predicted molar refractivity (Wildman–Crippen MR) is 106 cm³/mol. The first kappa shape index (κ1) is 19.1. The standard InChI is InChI=1S/C20H22N2O4S/c1-4-10-26-14-8-6-13(7-9-14)15-11-27-18-17(15)19(23)22(12-21-18)16(5-2)20(24)25-3/h6-9,11-12,16H,4-5,10H2,1-3H3. The molecule has 142 valence electrons. The molecule has 0 spiro atoms. The van der Waals surface area contributed by atoms with E-state index in [0.29, 0.717) is 23.2 Å². The summed E-state index contributed by atoms with van der Waals surface area (Å²) in [7, 11) is 1.32. The van der Waals surface area contributed by atoms with Crippen LogP contribution < -0.4 is 10.3 Å². The van der Waals surface area contributed by atoms with Gasteiger partial charge in [0.15, 0.2) is 0 Å². The molecule has 0 saturated heterocycles. The van der Waals surface area contributed by atoms with Gasteiger partial charge in [0.2, 0.25) is 0 Å². The molecule has 6 nitrogen and oxygen atoms in total. The van der Waals surface area contributed by atoms with Crippen LogP contribution in [-0.2, 0) is 9.53 Å². The van der Waals surface area contributed by atoms with E-state index in [1.54, 1.807) is 0 Å². The normalized spacial score (nSPS) is 12.1. The minimum atomic E-state index is -0.683. The number of rotatable bonds is 7. The zero-order valence-electron chi connectivity index (χ0n) is 15.6. The molecule has 27 heavy (non-hydrogen) atoms. The first-order valence-electron chi connectivity index (χ1n) is 8.90. The molecule has 0 N–H and O–H groups in total. The second-order valence-corrected chi connectivity index (χ2v) is 6.96. The molecule has 3 aromatic rings. The van der Waals surface area contributed by atoms with E-state index in [9.17, 15) is 9.59 Å². The zero-order chi connectivity index (χ0) is 19.4. The van der Waals surface area contributed by atoms with Gasteiger partial charge in [0.05, 0.1) is 25.4 Å². The zero-order valence-corrected chi connectivity index (χ0v) is 16.4. The largest absolute Gasteiger partial charge is 0.494 e. The summed E-state index contributed by atoms with van der Waals surface area (Å²) in [5.74, 6) is 0.349. The fourth-order valence-corrected chi connectivity index (χ4v) is 3.85. The van der Waals surface area contributed by atoms with Crippen molar-refractivity contribution in [2.45, 2.75) is 32.7 Å². The van der Waals surface area contributed by atoms with Crippen LogP contribution in [0.15, 0.2) is 40.8 Å². The number of esters is 1. The van der Waals surface area contributed by atoms with Crippen molar-refractivity contribution >= 4 is 27.5 Å². The molecule has 2 heterocycles. The lowest BCUT2D eigenvalue weighted by atomic mass is 10.1. The van der Waals surface area contributed by atoms with Crippen molar-refractivity contribution in [1.82, 2.24) is 9.55 Å². The molecule has 0 saturated carbocycles. The number of aromatic nitrogens is 2. The van der Waals surface area contributed by atoms with Crippen LogP contribution in [0.3, 0.4) is 0 Å². The molecule has 0 bridgehead atoms. The van der Waals surface area contributed by atoms with Gasteiger partial charge in [-0.25, -0.2) is 9.78 Å². The Morgan fingerprint density at radius 3 is 2.63 bits per heavy atom. The Hall–Kier alpha value is -2.67. The molecule has 1 unspecified atom stereocenters. The first-order chi connectivity index (χ1) is 13.1. The van der Waals surface area contributed by atoms with Crippen molar-refractivity contribution < 1.29 is 14.3 Å². The number of hydrogen-bond acceptors (Lipinski definition) is 6. The number of benzene rings is 1. The lowest BCUT2D eigenvalue weighted by Gasteiger charge is -2.15. The molecular formula is C20H22N2O4S. The van der Waals surface area contributed by atoms with Gasteiger partial charge in [0.1, 0.15) is 16.6 Å². The van der Waals surface area contributed by atoms with Gasteiger partial charge >= 0.3 is 5.97 Å². The monoisotopic (exact) mass is 386 g/mol. The van der Waals surface area contributed by atoms with E-state index in [0.717, 1.165) is 23.3 Å². The van der Waals surface area contributed by atoms with E-state index in [1.165, 1.54) is 29.3 Å². The van der Waals surface area contributed by atoms with Crippen molar-refractivity contribution in [1.29, 1.82) is 0 Å². The number of methoxy groups -OCH3 is 1. The van der Waals surface area contributed by atoms with Gasteiger partial charge in [0, 0.05) is 10.9 Å². The Morgan fingerprint density at radius 1 is 1.26 bits per heavy atom. The summed E-state index contributed by atoms with van der Waals surface area (Å²) in [5, 5.41) is 2.44. The van der Waals surface area contributed by atoms with Crippen molar-refractivity contribution in [3.05, 3.63) is 46.3 Å². The lowest BCUT2D eigenvalue weighted by molar-refractivity contribution is -0.144. The average Bonchev–Trinajstić information content (AvgIpc) is 3.13. The molecule has 0 fully saturated rings. The summed E-state index contributed by atoms with van der Waals surface area (Å²) >= 11 is 1.41. The smallest absolute Gasteiger partial charge is 0.329 e. The highest BCUT2D eigenvalue weighted by atomic mass is 32.1. The van der Waals surface area contributed by atoms with Crippen LogP contribution in [0.2, 0.25) is 0 Å². The maximum Gasteiger partial charge on any atom is 0.329 e. The van der Waals surface area contributed by atoms with Crippen molar-refractivity contribution in [2.24, 2.45) is 0 Å². The molecule has 0 aliphatic carbocycles. The second kappa shape index (κ2) is 8.35. The van der Waals surface area contributed by atoms with Crippen molar-refractivity contribution in [3.8, 4) is 16.9 Å². The fraction of sp³-hybridized carbons (Fsp3) is 0.350. The molecular weight excluding hydrogens is 364 g/mol. The van der Waals surface area contributed by atoms with Crippen molar-refractivity contribution in [3.63, 3.8) is 0 Å². The minimum Gasteiger partial charge on any atom is -0.494 e. The molecule has 1 aromatic carbocycles. The van der Waals surface area contributed by atoms with E-state index in [4.69, 9.17) is 9.47 Å². The van der Waals surface area contributed by atoms with Gasteiger partial charge < -0.3 is 9.47 Å². The number of carbonyl (C=O) groups is 1. The molecule has 3 rings (SSSR count). The third kappa shape index (κ3) is 3.73. The number of fused-ring (bicyclic) bond motifs is 1. The SMILES string of the molecule is CCCOc1ccc(-c2csc3ncn(C(CC)C(=O)OC)c(=O)c23)cc1. The Kier molecular flexibility index (Phi) is 5.91. The summed E-state index contributed by atoms with van der Waals surface area (Å²) in [6, 6.07) is 6.97. The van der Waals surface area contributed by atoms with Gasteiger partial charge in [-0.05, 0) is 30.5 Å². The highest BCUT2D eigenvalue weighted by Gasteiger charge is 2.23. The second-order valence-electron chi connectivity index (χ2n) is 6.11. The molecule has 2 aromatic heterocycles. The van der Waals surface area contributed by atoms with E-state index < -0.39 is 12.0 Å². The molecule has 0 amide bonds. The molecule has 0 aliphatic heterocycles. The van der Waals surface area contributed by atoms with E-state index in [1.807, 2.05) is 36.6 Å². The summed E-state index contributed by atoms with van der Waals surface area (Å²) in [5.41, 5.74) is 1.48. The fourth-order valence-electron chi connectivity index (χ4n) is 2.94. The van der Waals surface area contributed by atoms with E-state index in [2.05, 4.69) is 11.9 Å². The first-order valence-corrected chi connectivity index (χ1v) is 9.78. The molecule has 7 heteroatoms. The summed E-state index contributed by atoms with van der Waals surface area (Å²) in [6.45, 7) is 4.56. The highest BCUT2D eigenvalue weighted by Crippen LogP contribution is 2.32. The maximum absolute atomic E-state index is 13.1. The van der Waals surface area contributed by atoms with Crippen LogP contribution in [-0.4, -0.2) is 29.2 Å².